The summed E-state index contributed by atoms with van der Waals surface area (Å²) in [6, 6.07) is 7.35. The van der Waals surface area contributed by atoms with E-state index in [0.717, 1.165) is 29.4 Å². The molecule has 0 radical (unpaired) electrons. The number of para-hydroxylation sites is 1. The fraction of sp³-hybridized carbons (Fsp3) is 0.412. The van der Waals surface area contributed by atoms with Crippen molar-refractivity contribution >= 4 is 22.8 Å². The number of benzene rings is 1. The van der Waals surface area contributed by atoms with Gasteiger partial charge in [-0.15, -0.1) is 0 Å². The number of amides is 1. The standard InChI is InChI=1S/C17H20N2O3/c1-2-18-11-12(13-6-3-4-7-14(13)18)10-16(20)19-9-5-8-15(19)17(21)22/h3-4,6-7,11,15H,2,5,8-10H2,1H3,(H,21,22)/t15-/m1/s1. The van der Waals surface area contributed by atoms with Crippen LogP contribution in [-0.2, 0) is 22.6 Å². The molecule has 0 unspecified atom stereocenters. The summed E-state index contributed by atoms with van der Waals surface area (Å²) < 4.78 is 2.12. The number of rotatable bonds is 4. The average Bonchev–Trinajstić information content (AvgIpc) is 3.12. The van der Waals surface area contributed by atoms with Gasteiger partial charge in [0.15, 0.2) is 0 Å². The zero-order valence-corrected chi connectivity index (χ0v) is 12.7. The quantitative estimate of drug-likeness (QED) is 0.942. The van der Waals surface area contributed by atoms with Crippen LogP contribution in [-0.4, -0.2) is 39.0 Å². The van der Waals surface area contributed by atoms with E-state index in [9.17, 15) is 14.7 Å². The predicted octanol–water partition coefficient (Wildman–Crippen LogP) is 2.28. The molecule has 3 rings (SSSR count). The molecule has 22 heavy (non-hydrogen) atoms. The van der Waals surface area contributed by atoms with E-state index in [1.54, 1.807) is 0 Å². The van der Waals surface area contributed by atoms with Gasteiger partial charge < -0.3 is 14.6 Å². The van der Waals surface area contributed by atoms with Crippen molar-refractivity contribution in [2.75, 3.05) is 6.54 Å². The Morgan fingerprint density at radius 1 is 1.32 bits per heavy atom. The van der Waals surface area contributed by atoms with Crippen LogP contribution in [0.4, 0.5) is 0 Å². The molecule has 0 saturated carbocycles. The largest absolute Gasteiger partial charge is 0.480 e. The summed E-state index contributed by atoms with van der Waals surface area (Å²) in [4.78, 5) is 25.3. The number of aryl methyl sites for hydroxylation is 1. The van der Waals surface area contributed by atoms with E-state index in [0.29, 0.717) is 13.0 Å². The minimum absolute atomic E-state index is 0.0936. The molecule has 1 N–H and O–H groups in total. The summed E-state index contributed by atoms with van der Waals surface area (Å²) in [5.41, 5.74) is 2.09. The van der Waals surface area contributed by atoms with E-state index in [-0.39, 0.29) is 12.3 Å². The maximum absolute atomic E-state index is 12.5. The molecule has 2 aromatic rings. The lowest BCUT2D eigenvalue weighted by Crippen LogP contribution is -2.41. The number of carbonyl (C=O) groups excluding carboxylic acids is 1. The van der Waals surface area contributed by atoms with Crippen molar-refractivity contribution < 1.29 is 14.7 Å². The highest BCUT2D eigenvalue weighted by Crippen LogP contribution is 2.24. The zero-order chi connectivity index (χ0) is 15.7. The number of hydrogen-bond donors (Lipinski definition) is 1. The third-order valence-corrected chi connectivity index (χ3v) is 4.41. The highest BCUT2D eigenvalue weighted by molar-refractivity contribution is 5.91. The van der Waals surface area contributed by atoms with Gasteiger partial charge in [-0.05, 0) is 31.4 Å². The first-order chi connectivity index (χ1) is 10.6. The van der Waals surface area contributed by atoms with Crippen LogP contribution in [0, 0.1) is 0 Å². The Balaban J connectivity index is 1.87. The number of carboxylic acids is 1. The molecule has 0 spiro atoms. The van der Waals surface area contributed by atoms with Gasteiger partial charge >= 0.3 is 5.97 Å². The number of fused-ring (bicyclic) bond motifs is 1. The van der Waals surface area contributed by atoms with Crippen molar-refractivity contribution in [2.24, 2.45) is 0 Å². The number of nitrogens with zero attached hydrogens (tertiary/aromatic N) is 2. The van der Waals surface area contributed by atoms with Gasteiger partial charge in [0.05, 0.1) is 6.42 Å². The van der Waals surface area contributed by atoms with Crippen LogP contribution in [0.3, 0.4) is 0 Å². The highest BCUT2D eigenvalue weighted by atomic mass is 16.4. The van der Waals surface area contributed by atoms with Crippen LogP contribution in [0.2, 0.25) is 0 Å². The second-order valence-electron chi connectivity index (χ2n) is 5.72. The summed E-state index contributed by atoms with van der Waals surface area (Å²) in [6.45, 7) is 3.46. The smallest absolute Gasteiger partial charge is 0.326 e. The van der Waals surface area contributed by atoms with Crippen LogP contribution in [0.25, 0.3) is 10.9 Å². The topological polar surface area (TPSA) is 62.5 Å². The van der Waals surface area contributed by atoms with Gasteiger partial charge in [-0.25, -0.2) is 4.79 Å². The number of aliphatic carboxylic acids is 1. The van der Waals surface area contributed by atoms with E-state index < -0.39 is 12.0 Å². The van der Waals surface area contributed by atoms with Crippen molar-refractivity contribution in [1.82, 2.24) is 9.47 Å². The van der Waals surface area contributed by atoms with Gasteiger partial charge in [-0.1, -0.05) is 18.2 Å². The molecule has 1 aliphatic rings. The summed E-state index contributed by atoms with van der Waals surface area (Å²) in [5.74, 6) is -0.995. The second kappa shape index (κ2) is 5.83. The van der Waals surface area contributed by atoms with Gasteiger partial charge in [-0.2, -0.15) is 0 Å². The van der Waals surface area contributed by atoms with E-state index in [1.165, 1.54) is 4.90 Å². The van der Waals surface area contributed by atoms with Crippen molar-refractivity contribution in [3.05, 3.63) is 36.0 Å². The fourth-order valence-electron chi connectivity index (χ4n) is 3.31. The van der Waals surface area contributed by atoms with Crippen LogP contribution in [0.15, 0.2) is 30.5 Å². The molecule has 1 atom stereocenters. The molecule has 1 aromatic heterocycles. The van der Waals surface area contributed by atoms with Crippen molar-refractivity contribution in [1.29, 1.82) is 0 Å². The Bertz CT molecular complexity index is 720. The Morgan fingerprint density at radius 3 is 2.82 bits per heavy atom. The Hall–Kier alpha value is -2.30. The molecule has 5 heteroatoms. The third-order valence-electron chi connectivity index (χ3n) is 4.41. The normalized spacial score (nSPS) is 18.0. The van der Waals surface area contributed by atoms with Crippen LogP contribution in [0.1, 0.15) is 25.3 Å². The molecule has 1 aliphatic heterocycles. The lowest BCUT2D eigenvalue weighted by atomic mass is 10.1. The summed E-state index contributed by atoms with van der Waals surface area (Å²) in [5, 5.41) is 10.3. The number of aromatic nitrogens is 1. The molecule has 116 valence electrons. The van der Waals surface area contributed by atoms with Gasteiger partial charge in [0.1, 0.15) is 6.04 Å². The first-order valence-corrected chi connectivity index (χ1v) is 7.71. The number of carbonyl (C=O) groups is 2. The van der Waals surface area contributed by atoms with E-state index >= 15 is 0 Å². The van der Waals surface area contributed by atoms with Gasteiger partial charge in [0, 0.05) is 30.2 Å². The van der Waals surface area contributed by atoms with Crippen molar-refractivity contribution in [3.8, 4) is 0 Å². The first kappa shape index (κ1) is 14.6. The van der Waals surface area contributed by atoms with E-state index in [1.807, 2.05) is 30.5 Å². The maximum atomic E-state index is 12.5. The molecule has 5 nitrogen and oxygen atoms in total. The lowest BCUT2D eigenvalue weighted by molar-refractivity contribution is -0.147. The predicted molar refractivity (Wildman–Crippen MR) is 83.7 cm³/mol. The summed E-state index contributed by atoms with van der Waals surface area (Å²) in [7, 11) is 0. The number of hydrogen-bond acceptors (Lipinski definition) is 2. The van der Waals surface area contributed by atoms with Gasteiger partial charge in [-0.3, -0.25) is 4.79 Å². The van der Waals surface area contributed by atoms with Gasteiger partial charge in [0.25, 0.3) is 0 Å². The van der Waals surface area contributed by atoms with E-state index in [2.05, 4.69) is 11.5 Å². The Labute approximate surface area is 129 Å². The second-order valence-corrected chi connectivity index (χ2v) is 5.72. The highest BCUT2D eigenvalue weighted by Gasteiger charge is 2.33. The van der Waals surface area contributed by atoms with Crippen LogP contribution < -0.4 is 0 Å². The summed E-state index contributed by atoms with van der Waals surface area (Å²) >= 11 is 0. The third kappa shape index (κ3) is 2.47. The van der Waals surface area contributed by atoms with Gasteiger partial charge in [0.2, 0.25) is 5.91 Å². The molecule has 0 bridgehead atoms. The molecular weight excluding hydrogens is 280 g/mol. The Morgan fingerprint density at radius 2 is 2.09 bits per heavy atom. The molecular formula is C17H20N2O3. The molecule has 1 amide bonds. The minimum Gasteiger partial charge on any atom is -0.480 e. The molecule has 1 aromatic carbocycles. The molecule has 1 fully saturated rings. The first-order valence-electron chi connectivity index (χ1n) is 7.71. The minimum atomic E-state index is -0.901. The fourth-order valence-corrected chi connectivity index (χ4v) is 3.31. The van der Waals surface area contributed by atoms with E-state index in [4.69, 9.17) is 0 Å². The number of carboxylic acid groups (broad SMARTS) is 1. The van der Waals surface area contributed by atoms with Crippen LogP contribution in [0.5, 0.6) is 0 Å². The summed E-state index contributed by atoms with van der Waals surface area (Å²) in [6.07, 6.45) is 3.59. The van der Waals surface area contributed by atoms with Crippen molar-refractivity contribution in [2.45, 2.75) is 38.8 Å². The monoisotopic (exact) mass is 300 g/mol. The molecule has 0 aliphatic carbocycles. The molecule has 1 saturated heterocycles. The lowest BCUT2D eigenvalue weighted by Gasteiger charge is -2.21. The Kier molecular flexibility index (Phi) is 3.88. The average molecular weight is 300 g/mol. The SMILES string of the molecule is CCn1cc(CC(=O)N2CCC[C@@H]2C(=O)O)c2ccccc21. The van der Waals surface area contributed by atoms with Crippen LogP contribution >= 0.6 is 0 Å². The van der Waals surface area contributed by atoms with Crippen molar-refractivity contribution in [3.63, 3.8) is 0 Å². The number of likely N-dealkylation sites (tertiary alicyclic amines) is 1. The zero-order valence-electron chi connectivity index (χ0n) is 12.7. The molecule has 2 heterocycles. The maximum Gasteiger partial charge on any atom is 0.326 e.